The van der Waals surface area contributed by atoms with Crippen LogP contribution in [0.5, 0.6) is 0 Å². The Morgan fingerprint density at radius 3 is 2.81 bits per heavy atom. The van der Waals surface area contributed by atoms with E-state index in [1.807, 2.05) is 0 Å². The van der Waals surface area contributed by atoms with Crippen LogP contribution in [0.25, 0.3) is 0 Å². The van der Waals surface area contributed by atoms with E-state index in [-0.39, 0.29) is 12.5 Å². The molecule has 0 unspecified atom stereocenters. The molecule has 1 amide bonds. The second-order valence-electron chi connectivity index (χ2n) is 3.82. The van der Waals surface area contributed by atoms with Gasteiger partial charge in [-0.15, -0.1) is 0 Å². The van der Waals surface area contributed by atoms with Crippen LogP contribution in [0.15, 0.2) is 22.9 Å². The van der Waals surface area contributed by atoms with Crippen LogP contribution in [-0.4, -0.2) is 40.1 Å². The Kier molecular flexibility index (Phi) is 3.56. The second kappa shape index (κ2) is 4.93. The standard InChI is InChI=1S/C11H13BrN2O2/c12-10-4-1-8(7-13-10)11(16)14(5-6-15)9-2-3-9/h1,4,7,9,15H,2-3,5-6H2. The summed E-state index contributed by atoms with van der Waals surface area (Å²) in [6, 6.07) is 3.80. The summed E-state index contributed by atoms with van der Waals surface area (Å²) in [5, 5.41) is 8.94. The molecule has 0 saturated heterocycles. The molecule has 4 nitrogen and oxygen atoms in total. The highest BCUT2D eigenvalue weighted by atomic mass is 79.9. The second-order valence-corrected chi connectivity index (χ2v) is 4.64. The average molecular weight is 285 g/mol. The van der Waals surface area contributed by atoms with Crippen molar-refractivity contribution in [3.8, 4) is 0 Å². The van der Waals surface area contributed by atoms with Gasteiger partial charge in [-0.3, -0.25) is 4.79 Å². The summed E-state index contributed by atoms with van der Waals surface area (Å²) in [7, 11) is 0. The fourth-order valence-corrected chi connectivity index (χ4v) is 1.85. The smallest absolute Gasteiger partial charge is 0.255 e. The fraction of sp³-hybridized carbons (Fsp3) is 0.455. The van der Waals surface area contributed by atoms with Gasteiger partial charge in [0.25, 0.3) is 5.91 Å². The van der Waals surface area contributed by atoms with Crippen molar-refractivity contribution in [2.45, 2.75) is 18.9 Å². The van der Waals surface area contributed by atoms with E-state index >= 15 is 0 Å². The number of hydrogen-bond donors (Lipinski definition) is 1. The Morgan fingerprint density at radius 1 is 1.56 bits per heavy atom. The zero-order chi connectivity index (χ0) is 11.5. The van der Waals surface area contributed by atoms with E-state index in [0.717, 1.165) is 12.8 Å². The number of halogens is 1. The van der Waals surface area contributed by atoms with Crippen LogP contribution in [0.2, 0.25) is 0 Å². The number of aliphatic hydroxyl groups is 1. The van der Waals surface area contributed by atoms with E-state index in [9.17, 15) is 4.79 Å². The molecule has 1 aliphatic rings. The summed E-state index contributed by atoms with van der Waals surface area (Å²) in [4.78, 5) is 17.8. The molecule has 0 radical (unpaired) electrons. The number of aliphatic hydroxyl groups excluding tert-OH is 1. The van der Waals surface area contributed by atoms with Crippen LogP contribution in [0, 0.1) is 0 Å². The molecule has 0 aromatic carbocycles. The van der Waals surface area contributed by atoms with E-state index in [0.29, 0.717) is 22.8 Å². The number of carbonyl (C=O) groups is 1. The van der Waals surface area contributed by atoms with Crippen LogP contribution in [0.3, 0.4) is 0 Å². The lowest BCUT2D eigenvalue weighted by Gasteiger charge is -2.21. The quantitative estimate of drug-likeness (QED) is 0.852. The summed E-state index contributed by atoms with van der Waals surface area (Å²) >= 11 is 3.23. The molecule has 86 valence electrons. The largest absolute Gasteiger partial charge is 0.395 e. The third kappa shape index (κ3) is 2.59. The Bertz CT molecular complexity index is 376. The molecule has 0 aliphatic heterocycles. The van der Waals surface area contributed by atoms with Gasteiger partial charge < -0.3 is 10.0 Å². The zero-order valence-electron chi connectivity index (χ0n) is 8.77. The van der Waals surface area contributed by atoms with Crippen molar-refractivity contribution in [2.24, 2.45) is 0 Å². The fourth-order valence-electron chi connectivity index (χ4n) is 1.61. The molecule has 1 aliphatic carbocycles. The molecule has 1 fully saturated rings. The predicted molar refractivity (Wildman–Crippen MR) is 63.1 cm³/mol. The molecule has 0 bridgehead atoms. The van der Waals surface area contributed by atoms with Gasteiger partial charge in [-0.05, 0) is 40.9 Å². The number of hydrogen-bond acceptors (Lipinski definition) is 3. The van der Waals surface area contributed by atoms with Gasteiger partial charge in [0.2, 0.25) is 0 Å². The summed E-state index contributed by atoms with van der Waals surface area (Å²) < 4.78 is 0.712. The van der Waals surface area contributed by atoms with Crippen molar-refractivity contribution in [3.63, 3.8) is 0 Å². The maximum absolute atomic E-state index is 12.1. The molecular weight excluding hydrogens is 272 g/mol. The lowest BCUT2D eigenvalue weighted by Crippen LogP contribution is -2.35. The van der Waals surface area contributed by atoms with Crippen LogP contribution < -0.4 is 0 Å². The minimum absolute atomic E-state index is 0.00615. The molecule has 1 saturated carbocycles. The normalized spacial score (nSPS) is 14.9. The van der Waals surface area contributed by atoms with Gasteiger partial charge in [-0.2, -0.15) is 0 Å². The molecule has 1 heterocycles. The van der Waals surface area contributed by atoms with Crippen molar-refractivity contribution in [3.05, 3.63) is 28.5 Å². The van der Waals surface area contributed by atoms with Gasteiger partial charge in [0.15, 0.2) is 0 Å². The van der Waals surface area contributed by atoms with Crippen molar-refractivity contribution in [1.29, 1.82) is 0 Å². The number of carbonyl (C=O) groups excluding carboxylic acids is 1. The van der Waals surface area contributed by atoms with E-state index < -0.39 is 0 Å². The minimum atomic E-state index is -0.0449. The first-order valence-electron chi connectivity index (χ1n) is 5.26. The van der Waals surface area contributed by atoms with Crippen molar-refractivity contribution < 1.29 is 9.90 Å². The first-order valence-corrected chi connectivity index (χ1v) is 6.05. The highest BCUT2D eigenvalue weighted by molar-refractivity contribution is 9.10. The minimum Gasteiger partial charge on any atom is -0.395 e. The number of amides is 1. The number of rotatable bonds is 4. The molecule has 1 N–H and O–H groups in total. The van der Waals surface area contributed by atoms with E-state index in [1.54, 1.807) is 23.2 Å². The zero-order valence-corrected chi connectivity index (χ0v) is 10.4. The number of aromatic nitrogens is 1. The monoisotopic (exact) mass is 284 g/mol. The maximum atomic E-state index is 12.1. The molecule has 5 heteroatoms. The van der Waals surface area contributed by atoms with Crippen LogP contribution >= 0.6 is 15.9 Å². The maximum Gasteiger partial charge on any atom is 0.255 e. The molecule has 1 aromatic heterocycles. The number of nitrogens with zero attached hydrogens (tertiary/aromatic N) is 2. The van der Waals surface area contributed by atoms with Crippen molar-refractivity contribution >= 4 is 21.8 Å². The van der Waals surface area contributed by atoms with Crippen molar-refractivity contribution in [2.75, 3.05) is 13.2 Å². The number of pyridine rings is 1. The van der Waals surface area contributed by atoms with Gasteiger partial charge in [-0.1, -0.05) is 0 Å². The highest BCUT2D eigenvalue weighted by Gasteiger charge is 2.32. The Balaban J connectivity index is 2.12. The topological polar surface area (TPSA) is 53.4 Å². The van der Waals surface area contributed by atoms with E-state index in [4.69, 9.17) is 5.11 Å². The predicted octanol–water partition coefficient (Wildman–Crippen LogP) is 1.44. The Hall–Kier alpha value is -0.940. The van der Waals surface area contributed by atoms with E-state index in [2.05, 4.69) is 20.9 Å². The average Bonchev–Trinajstić information content (AvgIpc) is 3.10. The third-order valence-corrected chi connectivity index (χ3v) is 3.03. The van der Waals surface area contributed by atoms with Crippen LogP contribution in [-0.2, 0) is 0 Å². The summed E-state index contributed by atoms with van der Waals surface area (Å²) in [6.45, 7) is 0.408. The molecule has 1 aromatic rings. The van der Waals surface area contributed by atoms with E-state index in [1.165, 1.54) is 0 Å². The first-order chi connectivity index (χ1) is 7.72. The first kappa shape index (κ1) is 11.5. The van der Waals surface area contributed by atoms with Crippen LogP contribution in [0.1, 0.15) is 23.2 Å². The SMILES string of the molecule is O=C(c1ccc(Br)nc1)N(CCO)C1CC1. The third-order valence-electron chi connectivity index (χ3n) is 2.56. The highest BCUT2D eigenvalue weighted by Crippen LogP contribution is 2.27. The summed E-state index contributed by atoms with van der Waals surface area (Å²) in [6.07, 6.45) is 3.63. The van der Waals surface area contributed by atoms with Crippen molar-refractivity contribution in [1.82, 2.24) is 9.88 Å². The van der Waals surface area contributed by atoms with Gasteiger partial charge in [0.1, 0.15) is 4.60 Å². The molecule has 0 spiro atoms. The molecular formula is C11H13BrN2O2. The lowest BCUT2D eigenvalue weighted by molar-refractivity contribution is 0.0707. The van der Waals surface area contributed by atoms with Crippen LogP contribution in [0.4, 0.5) is 0 Å². The van der Waals surface area contributed by atoms with Gasteiger partial charge in [-0.25, -0.2) is 4.98 Å². The summed E-state index contributed by atoms with van der Waals surface area (Å²) in [5.41, 5.74) is 0.573. The lowest BCUT2D eigenvalue weighted by atomic mass is 10.2. The molecule has 16 heavy (non-hydrogen) atoms. The Morgan fingerprint density at radius 2 is 2.31 bits per heavy atom. The molecule has 0 atom stereocenters. The molecule has 2 rings (SSSR count). The van der Waals surface area contributed by atoms with Gasteiger partial charge in [0, 0.05) is 18.8 Å². The summed E-state index contributed by atoms with van der Waals surface area (Å²) in [5.74, 6) is -0.0449. The van der Waals surface area contributed by atoms with Gasteiger partial charge >= 0.3 is 0 Å². The Labute approximate surface area is 102 Å². The van der Waals surface area contributed by atoms with Gasteiger partial charge in [0.05, 0.1) is 12.2 Å².